The van der Waals surface area contributed by atoms with Gasteiger partial charge in [-0.1, -0.05) is 97.1 Å². The van der Waals surface area contributed by atoms with Gasteiger partial charge in [-0.15, -0.1) is 0 Å². The summed E-state index contributed by atoms with van der Waals surface area (Å²) in [7, 11) is 0. The van der Waals surface area contributed by atoms with Crippen LogP contribution in [0.25, 0.3) is 93.6 Å². The maximum atomic E-state index is 10.5. The Labute approximate surface area is 316 Å². The number of rotatable bonds is 4. The molecule has 0 aliphatic rings. The highest BCUT2D eigenvalue weighted by atomic mass is 15.0. The van der Waals surface area contributed by atoms with Crippen molar-refractivity contribution in [2.45, 2.75) is 0 Å². The molecule has 0 bridgehead atoms. The van der Waals surface area contributed by atoms with Crippen molar-refractivity contribution in [2.24, 2.45) is 0 Å². The zero-order valence-electron chi connectivity index (χ0n) is 29.5. The quantitative estimate of drug-likeness (QED) is 0.184. The minimum atomic E-state index is 0.579. The molecule has 0 spiro atoms. The Kier molecular flexibility index (Phi) is 6.61. The van der Waals surface area contributed by atoms with E-state index in [1.807, 2.05) is 42.5 Å². The molecule has 254 valence electrons. The minimum Gasteiger partial charge on any atom is -0.309 e. The second kappa shape index (κ2) is 11.8. The predicted molar refractivity (Wildman–Crippen MR) is 224 cm³/mol. The van der Waals surface area contributed by atoms with Crippen molar-refractivity contribution in [1.29, 1.82) is 10.5 Å². The van der Waals surface area contributed by atoms with Crippen molar-refractivity contribution >= 4 is 65.4 Å². The van der Waals surface area contributed by atoms with Gasteiger partial charge in [0.2, 0.25) is 0 Å². The Balaban J connectivity index is 1.08. The van der Waals surface area contributed by atoms with Crippen LogP contribution in [0.5, 0.6) is 0 Å². The van der Waals surface area contributed by atoms with Crippen molar-refractivity contribution in [3.8, 4) is 40.3 Å². The van der Waals surface area contributed by atoms with Crippen LogP contribution < -0.4 is 0 Å². The van der Waals surface area contributed by atoms with E-state index in [4.69, 9.17) is 0 Å². The SMILES string of the molecule is N#Cc1ccc2c(c1)c1ccccc1n2-c1c(C#N)cccc1-c1ccc(-n2c3ccccc3c3cc(-n4c5ccccc5c5ccccc54)ccc32)cc1. The molecule has 0 amide bonds. The van der Waals surface area contributed by atoms with Crippen molar-refractivity contribution < 1.29 is 0 Å². The largest absolute Gasteiger partial charge is 0.309 e. The van der Waals surface area contributed by atoms with Crippen molar-refractivity contribution in [3.63, 3.8) is 0 Å². The lowest BCUT2D eigenvalue weighted by Crippen LogP contribution is -2.01. The molecule has 3 heterocycles. The smallest absolute Gasteiger partial charge is 0.101 e. The molecule has 0 saturated carbocycles. The average molecular weight is 700 g/mol. The Morgan fingerprint density at radius 1 is 0.345 bits per heavy atom. The predicted octanol–water partition coefficient (Wildman–Crippen LogP) is 12.4. The normalized spacial score (nSPS) is 11.6. The molecule has 8 aromatic carbocycles. The molecule has 0 atom stereocenters. The van der Waals surface area contributed by atoms with Gasteiger partial charge in [0, 0.05) is 49.3 Å². The maximum absolute atomic E-state index is 10.5. The summed E-state index contributed by atoms with van der Waals surface area (Å²) in [6, 6.07) is 66.0. The molecule has 0 radical (unpaired) electrons. The van der Waals surface area contributed by atoms with E-state index in [1.54, 1.807) is 0 Å². The number of fused-ring (bicyclic) bond motifs is 9. The third-order valence-corrected chi connectivity index (χ3v) is 11.1. The summed E-state index contributed by atoms with van der Waals surface area (Å²) >= 11 is 0. The van der Waals surface area contributed by atoms with Gasteiger partial charge < -0.3 is 13.7 Å². The Bertz CT molecular complexity index is 3400. The second-order valence-electron chi connectivity index (χ2n) is 14.0. The van der Waals surface area contributed by atoms with Crippen LogP contribution in [0.4, 0.5) is 0 Å². The fraction of sp³-hybridized carbons (Fsp3) is 0. The van der Waals surface area contributed by atoms with Crippen LogP contribution in [0.2, 0.25) is 0 Å². The van der Waals surface area contributed by atoms with Gasteiger partial charge >= 0.3 is 0 Å². The zero-order valence-corrected chi connectivity index (χ0v) is 29.5. The summed E-state index contributed by atoms with van der Waals surface area (Å²) in [5.41, 5.74) is 12.7. The molecule has 0 fully saturated rings. The van der Waals surface area contributed by atoms with Crippen LogP contribution in [0, 0.1) is 22.7 Å². The average Bonchev–Trinajstić information content (AvgIpc) is 3.88. The van der Waals surface area contributed by atoms with Gasteiger partial charge in [0.25, 0.3) is 0 Å². The molecule has 3 aromatic heterocycles. The Hall–Kier alpha value is -7.86. The summed E-state index contributed by atoms with van der Waals surface area (Å²) in [5, 5.41) is 27.0. The molecule has 0 N–H and O–H groups in total. The molecule has 11 aromatic rings. The molecule has 5 heteroatoms. The molecule has 0 aliphatic carbocycles. The van der Waals surface area contributed by atoms with Crippen LogP contribution in [-0.4, -0.2) is 13.7 Å². The summed E-state index contributed by atoms with van der Waals surface area (Å²) in [6.07, 6.45) is 0. The van der Waals surface area contributed by atoms with Crippen LogP contribution in [0.15, 0.2) is 176 Å². The van der Waals surface area contributed by atoms with E-state index < -0.39 is 0 Å². The number of hydrogen-bond acceptors (Lipinski definition) is 2. The van der Waals surface area contributed by atoms with E-state index in [9.17, 15) is 10.5 Å². The van der Waals surface area contributed by atoms with Gasteiger partial charge in [0.1, 0.15) is 6.07 Å². The number of benzene rings is 8. The van der Waals surface area contributed by atoms with Gasteiger partial charge in [-0.25, -0.2) is 0 Å². The third kappa shape index (κ3) is 4.45. The highest BCUT2D eigenvalue weighted by molar-refractivity contribution is 6.13. The van der Waals surface area contributed by atoms with Gasteiger partial charge in [0.05, 0.1) is 56.0 Å². The van der Waals surface area contributed by atoms with Gasteiger partial charge in [-0.3, -0.25) is 0 Å². The standard InChI is InChI=1S/C50H29N5/c51-30-32-20-26-49-42(28-32)40-13-4-8-19-47(40)55(49)50-34(31-52)10-9-15-37(50)33-21-23-35(24-22-33)53-46-18-7-3-14-41(46)43-29-36(25-27-48(43)53)54-44-16-5-1-11-38(44)39-12-2-6-17-45(39)54/h1-29H. The van der Waals surface area contributed by atoms with Crippen LogP contribution in [0.1, 0.15) is 11.1 Å². The molecular weight excluding hydrogens is 671 g/mol. The number of nitrogens with zero attached hydrogens (tertiary/aromatic N) is 5. The van der Waals surface area contributed by atoms with Crippen molar-refractivity contribution in [2.75, 3.05) is 0 Å². The fourth-order valence-corrected chi connectivity index (χ4v) is 8.76. The lowest BCUT2D eigenvalue weighted by molar-refractivity contribution is 1.16. The van der Waals surface area contributed by atoms with Crippen LogP contribution >= 0.6 is 0 Å². The maximum Gasteiger partial charge on any atom is 0.101 e. The second-order valence-corrected chi connectivity index (χ2v) is 14.0. The summed E-state index contributed by atoms with van der Waals surface area (Å²) in [5.74, 6) is 0. The number of aromatic nitrogens is 3. The van der Waals surface area contributed by atoms with Gasteiger partial charge in [-0.2, -0.15) is 10.5 Å². The Morgan fingerprint density at radius 2 is 0.818 bits per heavy atom. The molecule has 0 aliphatic heterocycles. The molecular formula is C50H29N5. The summed E-state index contributed by atoms with van der Waals surface area (Å²) < 4.78 is 6.89. The highest BCUT2D eigenvalue weighted by Gasteiger charge is 2.20. The first-order valence-corrected chi connectivity index (χ1v) is 18.3. The molecule has 5 nitrogen and oxygen atoms in total. The fourth-order valence-electron chi connectivity index (χ4n) is 8.76. The highest BCUT2D eigenvalue weighted by Crippen LogP contribution is 2.40. The Morgan fingerprint density at radius 3 is 1.42 bits per heavy atom. The van der Waals surface area contributed by atoms with E-state index in [2.05, 4.69) is 159 Å². The van der Waals surface area contributed by atoms with E-state index >= 15 is 0 Å². The minimum absolute atomic E-state index is 0.579. The number of hydrogen-bond donors (Lipinski definition) is 0. The first-order chi connectivity index (χ1) is 27.2. The van der Waals surface area contributed by atoms with Crippen molar-refractivity contribution in [1.82, 2.24) is 13.7 Å². The topological polar surface area (TPSA) is 62.4 Å². The van der Waals surface area contributed by atoms with Crippen LogP contribution in [-0.2, 0) is 0 Å². The van der Waals surface area contributed by atoms with E-state index in [-0.39, 0.29) is 0 Å². The molecule has 0 saturated heterocycles. The van der Waals surface area contributed by atoms with Crippen LogP contribution in [0.3, 0.4) is 0 Å². The third-order valence-electron chi connectivity index (χ3n) is 11.1. The van der Waals surface area contributed by atoms with E-state index in [0.717, 1.165) is 61.0 Å². The monoisotopic (exact) mass is 699 g/mol. The first-order valence-electron chi connectivity index (χ1n) is 18.3. The molecule has 0 unspecified atom stereocenters. The summed E-state index contributed by atoms with van der Waals surface area (Å²) in [4.78, 5) is 0. The van der Waals surface area contributed by atoms with E-state index in [1.165, 1.54) is 32.6 Å². The number of nitriles is 2. The first kappa shape index (κ1) is 30.7. The lowest BCUT2D eigenvalue weighted by atomic mass is 9.99. The van der Waals surface area contributed by atoms with E-state index in [0.29, 0.717) is 11.1 Å². The molecule has 11 rings (SSSR count). The van der Waals surface area contributed by atoms with Gasteiger partial charge in [0.15, 0.2) is 0 Å². The lowest BCUT2D eigenvalue weighted by Gasteiger charge is -2.16. The van der Waals surface area contributed by atoms with Crippen molar-refractivity contribution in [3.05, 3.63) is 187 Å². The zero-order chi connectivity index (χ0) is 36.6. The van der Waals surface area contributed by atoms with Gasteiger partial charge in [-0.05, 0) is 84.4 Å². The molecule has 55 heavy (non-hydrogen) atoms. The summed E-state index contributed by atoms with van der Waals surface area (Å²) in [6.45, 7) is 0. The number of para-hydroxylation sites is 5.